The summed E-state index contributed by atoms with van der Waals surface area (Å²) in [5.74, 6) is -1.53. The van der Waals surface area contributed by atoms with E-state index in [0.29, 0.717) is 6.42 Å². The Kier molecular flexibility index (Phi) is 12.3. The van der Waals surface area contributed by atoms with Gasteiger partial charge in [0.05, 0.1) is 30.5 Å². The summed E-state index contributed by atoms with van der Waals surface area (Å²) in [5, 5.41) is 31.2. The van der Waals surface area contributed by atoms with Crippen LogP contribution in [0.5, 0.6) is 0 Å². The molecule has 0 saturated carbocycles. The van der Waals surface area contributed by atoms with Crippen molar-refractivity contribution in [2.24, 2.45) is 0 Å². The number of aryl methyl sites for hydroxylation is 1. The molecule has 1 aliphatic carbocycles. The maximum atomic E-state index is 14.2. The number of fused-ring (bicyclic) bond motifs is 1. The fraction of sp³-hybridized carbons (Fsp3) is 0.421. The number of benzene rings is 3. The lowest BCUT2D eigenvalue weighted by Gasteiger charge is -2.34. The summed E-state index contributed by atoms with van der Waals surface area (Å²) in [6.07, 6.45) is -0.0266. The molecule has 1 saturated heterocycles. The van der Waals surface area contributed by atoms with Gasteiger partial charge in [-0.05, 0) is 55.7 Å². The van der Waals surface area contributed by atoms with Crippen LogP contribution in [0.1, 0.15) is 47.7 Å². The minimum absolute atomic E-state index is 0.0995. The third-order valence-corrected chi connectivity index (χ3v) is 11.4. The Morgan fingerprint density at radius 1 is 0.960 bits per heavy atom. The Labute approximate surface area is 302 Å². The minimum Gasteiger partial charge on any atom is -0.390 e. The molecule has 0 spiro atoms. The summed E-state index contributed by atoms with van der Waals surface area (Å²) in [4.78, 5) is 56.2. The van der Waals surface area contributed by atoms with Gasteiger partial charge in [0.1, 0.15) is 12.1 Å². The second kappa shape index (κ2) is 16.5. The van der Waals surface area contributed by atoms with Crippen LogP contribution < -0.4 is 16.0 Å². The molecule has 2 aliphatic rings. The number of rotatable bonds is 13. The smallest absolute Gasteiger partial charge is 0.254 e. The quantitative estimate of drug-likeness (QED) is 0.181. The fourth-order valence-corrected chi connectivity index (χ4v) is 8.32. The first-order valence-corrected chi connectivity index (χ1v) is 19.1. The Bertz CT molecular complexity index is 1670. The van der Waals surface area contributed by atoms with Crippen molar-refractivity contribution in [2.45, 2.75) is 81.2 Å². The average Bonchev–Trinajstić information content (AvgIpc) is 3.59. The van der Waals surface area contributed by atoms with Crippen LogP contribution in [-0.2, 0) is 38.4 Å². The third-order valence-electron chi connectivity index (χ3n) is 9.31. The zero-order valence-corrected chi connectivity index (χ0v) is 30.4. The molecule has 5 rings (SSSR count). The topological polar surface area (TPSA) is 148 Å². The van der Waals surface area contributed by atoms with E-state index in [-0.39, 0.29) is 30.4 Å². The van der Waals surface area contributed by atoms with E-state index >= 15 is 0 Å². The highest BCUT2D eigenvalue weighted by Gasteiger charge is 2.51. The maximum absolute atomic E-state index is 14.2. The highest BCUT2D eigenvalue weighted by Crippen LogP contribution is 2.41. The Hall–Kier alpha value is -3.84. The van der Waals surface area contributed by atoms with Crippen LogP contribution in [0.2, 0.25) is 0 Å². The van der Waals surface area contributed by atoms with E-state index in [0.717, 1.165) is 27.8 Å². The van der Waals surface area contributed by atoms with Gasteiger partial charge in [0.15, 0.2) is 6.10 Å². The van der Waals surface area contributed by atoms with Crippen molar-refractivity contribution >= 4 is 47.2 Å². The van der Waals surface area contributed by atoms with Crippen LogP contribution in [0.3, 0.4) is 0 Å². The molecular weight excluding hydrogens is 673 g/mol. The molecule has 0 aromatic heterocycles. The summed E-state index contributed by atoms with van der Waals surface area (Å²) in [5.41, 5.74) is 4.48. The summed E-state index contributed by atoms with van der Waals surface area (Å²) in [6, 6.07) is 20.8. The van der Waals surface area contributed by atoms with E-state index in [1.165, 1.54) is 28.4 Å². The first-order chi connectivity index (χ1) is 23.9. The van der Waals surface area contributed by atoms with Gasteiger partial charge in [0.2, 0.25) is 17.7 Å². The SMILES string of the molecule is CSCC(NC(=O)Cc1ccc(C)cc1)C(=O)NC(Cc1ccccc1)C(O)C(=O)N1CSC(C)(C)C1C(=O)NC1c2ccccc2CC1O. The van der Waals surface area contributed by atoms with Gasteiger partial charge in [-0.1, -0.05) is 84.4 Å². The molecule has 10 nitrogen and oxygen atoms in total. The first kappa shape index (κ1) is 37.4. The predicted molar refractivity (Wildman–Crippen MR) is 197 cm³/mol. The normalized spacial score (nSPS) is 21.1. The second-order valence-electron chi connectivity index (χ2n) is 13.5. The number of hydrogen-bond donors (Lipinski definition) is 5. The maximum Gasteiger partial charge on any atom is 0.254 e. The lowest BCUT2D eigenvalue weighted by Crippen LogP contribution is -2.60. The van der Waals surface area contributed by atoms with E-state index in [9.17, 15) is 29.4 Å². The number of nitrogens with zero attached hydrogens (tertiary/aromatic N) is 1. The minimum atomic E-state index is -1.69. The largest absolute Gasteiger partial charge is 0.390 e. The number of carbonyl (C=O) groups is 4. The first-order valence-electron chi connectivity index (χ1n) is 16.7. The monoisotopic (exact) mass is 718 g/mol. The van der Waals surface area contributed by atoms with Gasteiger partial charge in [-0.2, -0.15) is 11.8 Å². The number of amides is 4. The molecule has 0 bridgehead atoms. The van der Waals surface area contributed by atoms with E-state index in [2.05, 4.69) is 16.0 Å². The van der Waals surface area contributed by atoms with Crippen molar-refractivity contribution in [3.63, 3.8) is 0 Å². The van der Waals surface area contributed by atoms with Gasteiger partial charge in [0.25, 0.3) is 5.91 Å². The third kappa shape index (κ3) is 8.90. The van der Waals surface area contributed by atoms with Crippen molar-refractivity contribution in [3.05, 3.63) is 107 Å². The number of nitrogens with one attached hydrogen (secondary N) is 3. The Balaban J connectivity index is 1.33. The van der Waals surface area contributed by atoms with Gasteiger partial charge in [0, 0.05) is 16.9 Å². The molecule has 6 unspecified atom stereocenters. The van der Waals surface area contributed by atoms with Crippen LogP contribution >= 0.6 is 23.5 Å². The van der Waals surface area contributed by atoms with E-state index in [1.807, 2.05) is 106 Å². The van der Waals surface area contributed by atoms with Crippen molar-refractivity contribution in [1.29, 1.82) is 0 Å². The molecule has 50 heavy (non-hydrogen) atoms. The molecule has 12 heteroatoms. The Morgan fingerprint density at radius 3 is 2.34 bits per heavy atom. The molecule has 5 N–H and O–H groups in total. The molecule has 0 radical (unpaired) electrons. The molecule has 3 aromatic carbocycles. The van der Waals surface area contributed by atoms with Gasteiger partial charge < -0.3 is 31.1 Å². The van der Waals surface area contributed by atoms with Crippen LogP contribution in [0.4, 0.5) is 0 Å². The predicted octanol–water partition coefficient (Wildman–Crippen LogP) is 2.93. The van der Waals surface area contributed by atoms with Crippen LogP contribution in [0.25, 0.3) is 0 Å². The molecule has 4 amide bonds. The molecular formula is C38H46N4O6S2. The van der Waals surface area contributed by atoms with Gasteiger partial charge in [-0.15, -0.1) is 11.8 Å². The summed E-state index contributed by atoms with van der Waals surface area (Å²) in [6.45, 7) is 5.71. The summed E-state index contributed by atoms with van der Waals surface area (Å²) >= 11 is 2.80. The standard InChI is InChI=1S/C38H46N4O6S2/c1-23-14-16-25(17-15-23)19-31(44)39-29(21-49-4)35(46)40-28(18-24-10-6-5-7-11-24)33(45)37(48)42-22-50-38(2,3)34(42)36(47)41-32-27-13-9-8-12-26(27)20-30(32)43/h5-17,28-30,32-34,43,45H,18-22H2,1-4H3,(H,39,44)(H,40,46)(H,41,47). The lowest BCUT2D eigenvalue weighted by atomic mass is 9.96. The Morgan fingerprint density at radius 2 is 1.64 bits per heavy atom. The van der Waals surface area contributed by atoms with Crippen LogP contribution in [0, 0.1) is 6.92 Å². The molecule has 1 aliphatic heterocycles. The van der Waals surface area contributed by atoms with Crippen molar-refractivity contribution in [2.75, 3.05) is 17.9 Å². The molecule has 6 atom stereocenters. The number of hydrogen-bond acceptors (Lipinski definition) is 8. The van der Waals surface area contributed by atoms with Crippen molar-refractivity contribution in [3.8, 4) is 0 Å². The zero-order valence-electron chi connectivity index (χ0n) is 28.8. The summed E-state index contributed by atoms with van der Waals surface area (Å²) in [7, 11) is 0. The highest BCUT2D eigenvalue weighted by molar-refractivity contribution is 8.00. The van der Waals surface area contributed by atoms with Crippen LogP contribution in [0.15, 0.2) is 78.9 Å². The molecule has 3 aromatic rings. The van der Waals surface area contributed by atoms with E-state index < -0.39 is 58.8 Å². The van der Waals surface area contributed by atoms with Crippen LogP contribution in [-0.4, -0.2) is 91.7 Å². The average molecular weight is 719 g/mol. The zero-order chi connectivity index (χ0) is 36.0. The number of thioether (sulfide) groups is 2. The van der Waals surface area contributed by atoms with E-state index in [1.54, 1.807) is 0 Å². The number of aliphatic hydroxyl groups is 2. The second-order valence-corrected chi connectivity index (χ2v) is 16.0. The molecule has 1 heterocycles. The molecule has 266 valence electrons. The highest BCUT2D eigenvalue weighted by atomic mass is 32.2. The van der Waals surface area contributed by atoms with Crippen molar-refractivity contribution in [1.82, 2.24) is 20.9 Å². The number of carbonyl (C=O) groups excluding carboxylic acids is 4. The van der Waals surface area contributed by atoms with E-state index in [4.69, 9.17) is 0 Å². The molecule has 1 fully saturated rings. The number of aliphatic hydroxyl groups excluding tert-OH is 2. The fourth-order valence-electron chi connectivity index (χ4n) is 6.61. The lowest BCUT2D eigenvalue weighted by molar-refractivity contribution is -0.148. The van der Waals surface area contributed by atoms with Gasteiger partial charge in [-0.25, -0.2) is 0 Å². The van der Waals surface area contributed by atoms with Gasteiger partial charge in [-0.3, -0.25) is 19.2 Å². The van der Waals surface area contributed by atoms with Gasteiger partial charge >= 0.3 is 0 Å². The summed E-state index contributed by atoms with van der Waals surface area (Å²) < 4.78 is -0.702. The van der Waals surface area contributed by atoms with Crippen molar-refractivity contribution < 1.29 is 29.4 Å².